The summed E-state index contributed by atoms with van der Waals surface area (Å²) in [6.45, 7) is 3.97. The fraction of sp³-hybridized carbons (Fsp3) is 0.350. The molecule has 1 aliphatic rings. The third kappa shape index (κ3) is 4.81. The van der Waals surface area contributed by atoms with E-state index in [1.165, 1.54) is 41.3 Å². The second-order valence-electron chi connectivity index (χ2n) is 7.67. The van der Waals surface area contributed by atoms with Gasteiger partial charge in [0.15, 0.2) is 9.84 Å². The molecule has 0 atom stereocenters. The van der Waals surface area contributed by atoms with Crippen molar-refractivity contribution in [1.82, 2.24) is 4.90 Å². The zero-order valence-corrected chi connectivity index (χ0v) is 18.2. The quantitative estimate of drug-likeness (QED) is 0.693. The molecule has 30 heavy (non-hydrogen) atoms. The highest BCUT2D eigenvalue weighted by Gasteiger charge is 2.39. The van der Waals surface area contributed by atoms with E-state index in [-0.39, 0.29) is 36.4 Å². The highest BCUT2D eigenvalue weighted by molar-refractivity contribution is 7.92. The van der Waals surface area contributed by atoms with Gasteiger partial charge in [0.2, 0.25) is 0 Å². The fourth-order valence-corrected chi connectivity index (χ4v) is 6.32. The minimum Gasteiger partial charge on any atom is -0.336 e. The number of likely N-dealkylation sites (tertiary alicyclic amines) is 1. The van der Waals surface area contributed by atoms with E-state index in [9.17, 15) is 26.0 Å². The number of amides is 1. The molecule has 0 unspecified atom stereocenters. The molecule has 0 spiro atoms. The van der Waals surface area contributed by atoms with Crippen LogP contribution in [0.15, 0.2) is 53.4 Å². The fourth-order valence-electron chi connectivity index (χ4n) is 3.17. The Kier molecular flexibility index (Phi) is 6.19. The number of carbonyl (C=O) groups is 1. The van der Waals surface area contributed by atoms with Gasteiger partial charge < -0.3 is 4.90 Å². The summed E-state index contributed by atoms with van der Waals surface area (Å²) >= 11 is 0. The number of hydrogen-bond acceptors (Lipinski definition) is 5. The number of hydrogen-bond donors (Lipinski definition) is 1. The van der Waals surface area contributed by atoms with E-state index < -0.39 is 35.8 Å². The lowest BCUT2D eigenvalue weighted by molar-refractivity contribution is 0.0659. The average molecular weight is 455 g/mol. The molecule has 7 nitrogen and oxygen atoms in total. The normalized spacial score (nSPS) is 15.1. The molecular formula is C20H23FN2O5S2. The maximum atomic E-state index is 13.8. The van der Waals surface area contributed by atoms with Gasteiger partial charge in [0.25, 0.3) is 15.9 Å². The van der Waals surface area contributed by atoms with Gasteiger partial charge in [-0.15, -0.1) is 0 Å². The largest absolute Gasteiger partial charge is 0.336 e. The molecule has 0 aliphatic carbocycles. The molecule has 1 fully saturated rings. The van der Waals surface area contributed by atoms with Gasteiger partial charge in [-0.3, -0.25) is 9.52 Å². The summed E-state index contributed by atoms with van der Waals surface area (Å²) in [5.74, 6) is -1.07. The first-order valence-electron chi connectivity index (χ1n) is 9.38. The third-order valence-corrected chi connectivity index (χ3v) is 8.58. The molecule has 1 N–H and O–H groups in total. The lowest BCUT2D eigenvalue weighted by Crippen LogP contribution is -2.57. The third-order valence-electron chi connectivity index (χ3n) is 4.72. The molecule has 0 saturated carbocycles. The van der Waals surface area contributed by atoms with Crippen LogP contribution in [0, 0.1) is 11.7 Å². The van der Waals surface area contributed by atoms with E-state index >= 15 is 0 Å². The molecule has 162 valence electrons. The zero-order valence-electron chi connectivity index (χ0n) is 16.6. The monoisotopic (exact) mass is 454 g/mol. The SMILES string of the molecule is CC(C)CS(=O)(=O)C1CN(C(=O)c2ccc(NS(=O)(=O)c3ccccc3F)cc2)C1. The second-order valence-corrected chi connectivity index (χ2v) is 11.6. The molecular weight excluding hydrogens is 431 g/mol. The number of carbonyl (C=O) groups excluding carboxylic acids is 1. The number of nitrogens with one attached hydrogen (secondary N) is 1. The first-order chi connectivity index (χ1) is 14.0. The maximum absolute atomic E-state index is 13.8. The van der Waals surface area contributed by atoms with Crippen LogP contribution in [-0.2, 0) is 19.9 Å². The van der Waals surface area contributed by atoms with Crippen LogP contribution in [0.25, 0.3) is 0 Å². The molecule has 0 radical (unpaired) electrons. The van der Waals surface area contributed by atoms with Crippen LogP contribution in [-0.4, -0.2) is 51.7 Å². The van der Waals surface area contributed by atoms with Gasteiger partial charge >= 0.3 is 0 Å². The maximum Gasteiger partial charge on any atom is 0.264 e. The Morgan fingerprint density at radius 1 is 1.07 bits per heavy atom. The van der Waals surface area contributed by atoms with Crippen molar-refractivity contribution >= 4 is 31.5 Å². The van der Waals surface area contributed by atoms with E-state index in [2.05, 4.69) is 4.72 Å². The molecule has 1 saturated heterocycles. The standard InChI is InChI=1S/C20H23FN2O5S2/c1-14(2)13-29(25,26)17-11-23(12-17)20(24)15-7-9-16(10-8-15)22-30(27,28)19-6-4-3-5-18(19)21/h3-10,14,17,22H,11-13H2,1-2H3. The minimum absolute atomic E-state index is 0.0282. The average Bonchev–Trinajstić information content (AvgIpc) is 2.59. The number of nitrogens with zero attached hydrogens (tertiary/aromatic N) is 1. The van der Waals surface area contributed by atoms with Crippen molar-refractivity contribution < 1.29 is 26.0 Å². The summed E-state index contributed by atoms with van der Waals surface area (Å²) in [5, 5.41) is -0.546. The summed E-state index contributed by atoms with van der Waals surface area (Å²) in [4.78, 5) is 13.5. The predicted molar refractivity (Wildman–Crippen MR) is 112 cm³/mol. The highest BCUT2D eigenvalue weighted by atomic mass is 32.2. The summed E-state index contributed by atoms with van der Waals surface area (Å²) < 4.78 is 65.1. The molecule has 10 heteroatoms. The molecule has 3 rings (SSSR count). The van der Waals surface area contributed by atoms with Gasteiger partial charge in [0.1, 0.15) is 10.7 Å². The van der Waals surface area contributed by atoms with E-state index in [1.807, 2.05) is 13.8 Å². The van der Waals surface area contributed by atoms with Gasteiger partial charge in [-0.1, -0.05) is 26.0 Å². The Morgan fingerprint density at radius 3 is 2.23 bits per heavy atom. The van der Waals surface area contributed by atoms with E-state index in [0.717, 1.165) is 12.1 Å². The number of sulfonamides is 1. The Labute approximate surface area is 175 Å². The van der Waals surface area contributed by atoms with Crippen molar-refractivity contribution in [3.8, 4) is 0 Å². The molecule has 1 heterocycles. The van der Waals surface area contributed by atoms with Crippen molar-refractivity contribution in [2.24, 2.45) is 5.92 Å². The Morgan fingerprint density at radius 2 is 1.67 bits per heavy atom. The van der Waals surface area contributed by atoms with E-state index in [0.29, 0.717) is 5.56 Å². The molecule has 1 aliphatic heterocycles. The first kappa shape index (κ1) is 22.2. The Bertz CT molecular complexity index is 1140. The van der Waals surface area contributed by atoms with Crippen molar-refractivity contribution in [2.75, 3.05) is 23.6 Å². The lowest BCUT2D eigenvalue weighted by atomic mass is 10.1. The smallest absolute Gasteiger partial charge is 0.264 e. The summed E-state index contributed by atoms with van der Waals surface area (Å²) in [6, 6.07) is 10.7. The molecule has 0 bridgehead atoms. The number of halogens is 1. The highest BCUT2D eigenvalue weighted by Crippen LogP contribution is 2.23. The number of sulfone groups is 1. The van der Waals surface area contributed by atoms with Crippen LogP contribution in [0.4, 0.5) is 10.1 Å². The van der Waals surface area contributed by atoms with E-state index in [4.69, 9.17) is 0 Å². The van der Waals surface area contributed by atoms with Gasteiger partial charge in [-0.25, -0.2) is 21.2 Å². The van der Waals surface area contributed by atoms with Gasteiger partial charge in [-0.05, 0) is 42.3 Å². The number of benzene rings is 2. The van der Waals surface area contributed by atoms with Crippen molar-refractivity contribution in [3.63, 3.8) is 0 Å². The van der Waals surface area contributed by atoms with Crippen LogP contribution in [0.2, 0.25) is 0 Å². The van der Waals surface area contributed by atoms with Crippen LogP contribution in [0.1, 0.15) is 24.2 Å². The first-order valence-corrected chi connectivity index (χ1v) is 12.6. The van der Waals surface area contributed by atoms with Crippen LogP contribution >= 0.6 is 0 Å². The lowest BCUT2D eigenvalue weighted by Gasteiger charge is -2.39. The zero-order chi connectivity index (χ0) is 22.1. The number of rotatable bonds is 7. The van der Waals surface area contributed by atoms with Crippen LogP contribution < -0.4 is 4.72 Å². The van der Waals surface area contributed by atoms with E-state index in [1.54, 1.807) is 0 Å². The Balaban J connectivity index is 1.64. The molecule has 1 amide bonds. The molecule has 2 aromatic carbocycles. The Hall–Kier alpha value is -2.46. The summed E-state index contributed by atoms with van der Waals surface area (Å²) in [6.07, 6.45) is 0. The summed E-state index contributed by atoms with van der Waals surface area (Å²) in [5.41, 5.74) is 0.486. The second kappa shape index (κ2) is 8.35. The van der Waals surface area contributed by atoms with Crippen molar-refractivity contribution in [2.45, 2.75) is 24.0 Å². The molecule has 2 aromatic rings. The summed E-state index contributed by atoms with van der Waals surface area (Å²) in [7, 11) is -7.34. The minimum atomic E-state index is -4.11. The van der Waals surface area contributed by atoms with Gasteiger partial charge in [0, 0.05) is 24.3 Å². The van der Waals surface area contributed by atoms with Crippen LogP contribution in [0.5, 0.6) is 0 Å². The van der Waals surface area contributed by atoms with Gasteiger partial charge in [0.05, 0.1) is 11.0 Å². The van der Waals surface area contributed by atoms with Crippen molar-refractivity contribution in [3.05, 3.63) is 59.9 Å². The van der Waals surface area contributed by atoms with Gasteiger partial charge in [-0.2, -0.15) is 0 Å². The predicted octanol–water partition coefficient (Wildman–Crippen LogP) is 2.52. The molecule has 0 aromatic heterocycles. The number of anilines is 1. The topological polar surface area (TPSA) is 101 Å². The van der Waals surface area contributed by atoms with Crippen molar-refractivity contribution in [1.29, 1.82) is 0 Å². The van der Waals surface area contributed by atoms with Crippen LogP contribution in [0.3, 0.4) is 0 Å².